The van der Waals surface area contributed by atoms with Gasteiger partial charge in [0.05, 0.1) is 11.6 Å². The van der Waals surface area contributed by atoms with E-state index in [-0.39, 0.29) is 6.61 Å². The first-order valence-corrected chi connectivity index (χ1v) is 6.90. The molecule has 0 amide bonds. The van der Waals surface area contributed by atoms with Gasteiger partial charge in [-0.25, -0.2) is 4.98 Å². The molecule has 4 nitrogen and oxygen atoms in total. The Bertz CT molecular complexity index is 440. The molecule has 2 saturated heterocycles. The summed E-state index contributed by atoms with van der Waals surface area (Å²) in [6.07, 6.45) is 4.24. The highest BCUT2D eigenvalue weighted by molar-refractivity contribution is 6.31. The maximum Gasteiger partial charge on any atom is 0.129 e. The highest BCUT2D eigenvalue weighted by atomic mass is 35.5. The zero-order chi connectivity index (χ0) is 12.5. The fraction of sp³-hybridized carbons (Fsp3) is 0.615. The summed E-state index contributed by atoms with van der Waals surface area (Å²) in [6, 6.07) is 2.58. The quantitative estimate of drug-likeness (QED) is 0.882. The molecule has 3 heterocycles. The molecule has 98 valence electrons. The van der Waals surface area contributed by atoms with Crippen LogP contribution in [0.25, 0.3) is 0 Å². The summed E-state index contributed by atoms with van der Waals surface area (Å²) in [5.74, 6) is 0.940. The Morgan fingerprint density at radius 3 is 3.11 bits per heavy atom. The number of fused-ring (bicyclic) bond motifs is 1. The summed E-state index contributed by atoms with van der Waals surface area (Å²) in [6.45, 7) is 4.38. The van der Waals surface area contributed by atoms with Gasteiger partial charge in [0, 0.05) is 37.4 Å². The number of hydrogen-bond donors (Lipinski definition) is 1. The lowest BCUT2D eigenvalue weighted by Gasteiger charge is -2.38. The van der Waals surface area contributed by atoms with E-state index < -0.39 is 0 Å². The molecule has 2 aliphatic rings. The van der Waals surface area contributed by atoms with Crippen molar-refractivity contribution >= 4 is 17.4 Å². The third-order valence-corrected chi connectivity index (χ3v) is 4.34. The van der Waals surface area contributed by atoms with Gasteiger partial charge in [0.2, 0.25) is 0 Å². The highest BCUT2D eigenvalue weighted by Gasteiger charge is 2.31. The van der Waals surface area contributed by atoms with E-state index in [4.69, 9.17) is 11.6 Å². The number of anilines is 1. The fourth-order valence-corrected chi connectivity index (χ4v) is 3.12. The van der Waals surface area contributed by atoms with Crippen molar-refractivity contribution in [3.63, 3.8) is 0 Å². The summed E-state index contributed by atoms with van der Waals surface area (Å²) in [5.41, 5.74) is 0.760. The minimum Gasteiger partial charge on any atom is -0.392 e. The minimum absolute atomic E-state index is 0.0300. The van der Waals surface area contributed by atoms with Gasteiger partial charge in [-0.15, -0.1) is 0 Å². The third-order valence-electron chi connectivity index (χ3n) is 4.00. The van der Waals surface area contributed by atoms with E-state index >= 15 is 0 Å². The van der Waals surface area contributed by atoms with E-state index in [9.17, 15) is 5.11 Å². The molecule has 2 aliphatic heterocycles. The van der Waals surface area contributed by atoms with E-state index in [1.807, 2.05) is 6.07 Å². The second-order valence-corrected chi connectivity index (χ2v) is 5.48. The van der Waals surface area contributed by atoms with Gasteiger partial charge in [-0.3, -0.25) is 4.90 Å². The van der Waals surface area contributed by atoms with Crippen molar-refractivity contribution in [2.24, 2.45) is 0 Å². The van der Waals surface area contributed by atoms with Crippen LogP contribution in [0, 0.1) is 0 Å². The summed E-state index contributed by atoms with van der Waals surface area (Å²) in [4.78, 5) is 9.27. The molecule has 18 heavy (non-hydrogen) atoms. The van der Waals surface area contributed by atoms with Crippen molar-refractivity contribution < 1.29 is 5.11 Å². The zero-order valence-electron chi connectivity index (χ0n) is 10.3. The number of hydrogen-bond acceptors (Lipinski definition) is 4. The van der Waals surface area contributed by atoms with Crippen LogP contribution in [-0.4, -0.2) is 47.2 Å². The van der Waals surface area contributed by atoms with Crippen molar-refractivity contribution in [1.29, 1.82) is 0 Å². The van der Waals surface area contributed by atoms with E-state index in [0.29, 0.717) is 11.1 Å². The topological polar surface area (TPSA) is 39.6 Å². The molecule has 1 aromatic heterocycles. The van der Waals surface area contributed by atoms with Crippen LogP contribution in [0.3, 0.4) is 0 Å². The Hall–Kier alpha value is -0.840. The van der Waals surface area contributed by atoms with Gasteiger partial charge < -0.3 is 10.0 Å². The second kappa shape index (κ2) is 5.03. The lowest BCUT2D eigenvalue weighted by molar-refractivity contribution is 0.230. The molecule has 1 unspecified atom stereocenters. The van der Waals surface area contributed by atoms with Crippen molar-refractivity contribution in [3.05, 3.63) is 22.8 Å². The van der Waals surface area contributed by atoms with Crippen LogP contribution in [-0.2, 0) is 6.61 Å². The van der Waals surface area contributed by atoms with E-state index in [0.717, 1.165) is 31.0 Å². The largest absolute Gasteiger partial charge is 0.392 e. The lowest BCUT2D eigenvalue weighted by Crippen LogP contribution is -2.50. The van der Waals surface area contributed by atoms with E-state index in [1.165, 1.54) is 19.4 Å². The lowest BCUT2D eigenvalue weighted by atomic mass is 10.1. The summed E-state index contributed by atoms with van der Waals surface area (Å²) >= 11 is 5.98. The SMILES string of the molecule is OCc1cc(N2CCN3CCCC3C2)ncc1Cl. The van der Waals surface area contributed by atoms with Crippen molar-refractivity contribution in [3.8, 4) is 0 Å². The molecule has 2 fully saturated rings. The Morgan fingerprint density at radius 1 is 1.39 bits per heavy atom. The molecule has 0 aliphatic carbocycles. The normalized spacial score (nSPS) is 24.3. The molecule has 1 aromatic rings. The van der Waals surface area contributed by atoms with Crippen LogP contribution in [0.2, 0.25) is 5.02 Å². The Labute approximate surface area is 112 Å². The van der Waals surface area contributed by atoms with Gasteiger partial charge >= 0.3 is 0 Å². The number of pyridine rings is 1. The Balaban J connectivity index is 1.78. The number of aliphatic hydroxyl groups is 1. The van der Waals surface area contributed by atoms with Crippen LogP contribution in [0.4, 0.5) is 5.82 Å². The van der Waals surface area contributed by atoms with Gasteiger partial charge in [0.15, 0.2) is 0 Å². The van der Waals surface area contributed by atoms with Gasteiger partial charge in [-0.1, -0.05) is 11.6 Å². The summed E-state index contributed by atoms with van der Waals surface area (Å²) < 4.78 is 0. The number of piperazine rings is 1. The predicted octanol–water partition coefficient (Wildman–Crippen LogP) is 1.51. The predicted molar refractivity (Wildman–Crippen MR) is 72.0 cm³/mol. The van der Waals surface area contributed by atoms with Crippen LogP contribution < -0.4 is 4.90 Å². The highest BCUT2D eigenvalue weighted by Crippen LogP contribution is 2.26. The molecule has 0 aromatic carbocycles. The van der Waals surface area contributed by atoms with Crippen LogP contribution in [0.15, 0.2) is 12.3 Å². The van der Waals surface area contributed by atoms with Gasteiger partial charge in [0.1, 0.15) is 5.82 Å². The van der Waals surface area contributed by atoms with Gasteiger partial charge in [0.25, 0.3) is 0 Å². The summed E-state index contributed by atoms with van der Waals surface area (Å²) in [7, 11) is 0. The van der Waals surface area contributed by atoms with Crippen molar-refractivity contribution in [1.82, 2.24) is 9.88 Å². The van der Waals surface area contributed by atoms with E-state index in [1.54, 1.807) is 6.20 Å². The molecular weight excluding hydrogens is 250 g/mol. The minimum atomic E-state index is -0.0300. The Kier molecular flexibility index (Phi) is 3.41. The Morgan fingerprint density at radius 2 is 2.28 bits per heavy atom. The monoisotopic (exact) mass is 267 g/mol. The molecule has 1 atom stereocenters. The standard InChI is InChI=1S/C13H18ClN3O/c14-12-7-15-13(6-10(12)9-18)17-5-4-16-3-1-2-11(16)8-17/h6-7,11,18H,1-5,8-9H2. The number of rotatable bonds is 2. The smallest absolute Gasteiger partial charge is 0.129 e. The van der Waals surface area contributed by atoms with Gasteiger partial charge in [-0.05, 0) is 25.5 Å². The molecular formula is C13H18ClN3O. The maximum absolute atomic E-state index is 9.25. The van der Waals surface area contributed by atoms with Crippen LogP contribution in [0.5, 0.6) is 0 Å². The summed E-state index contributed by atoms with van der Waals surface area (Å²) in [5, 5.41) is 9.79. The van der Waals surface area contributed by atoms with Crippen LogP contribution in [0.1, 0.15) is 18.4 Å². The first-order valence-electron chi connectivity index (χ1n) is 6.52. The molecule has 0 radical (unpaired) electrons. The fourth-order valence-electron chi connectivity index (χ4n) is 2.96. The second-order valence-electron chi connectivity index (χ2n) is 5.07. The average molecular weight is 268 g/mol. The van der Waals surface area contributed by atoms with E-state index in [2.05, 4.69) is 14.8 Å². The molecule has 5 heteroatoms. The molecule has 0 bridgehead atoms. The average Bonchev–Trinajstić information content (AvgIpc) is 2.86. The number of aliphatic hydroxyl groups excluding tert-OH is 1. The number of halogens is 1. The zero-order valence-corrected chi connectivity index (χ0v) is 11.1. The maximum atomic E-state index is 9.25. The molecule has 3 rings (SSSR count). The van der Waals surface area contributed by atoms with Crippen molar-refractivity contribution in [2.75, 3.05) is 31.1 Å². The van der Waals surface area contributed by atoms with Gasteiger partial charge in [-0.2, -0.15) is 0 Å². The number of nitrogens with zero attached hydrogens (tertiary/aromatic N) is 3. The van der Waals surface area contributed by atoms with Crippen LogP contribution >= 0.6 is 11.6 Å². The number of aromatic nitrogens is 1. The first-order chi connectivity index (χ1) is 8.78. The molecule has 0 saturated carbocycles. The first kappa shape index (κ1) is 12.2. The third kappa shape index (κ3) is 2.20. The molecule has 1 N–H and O–H groups in total. The molecule has 0 spiro atoms. The van der Waals surface area contributed by atoms with Crippen molar-refractivity contribution in [2.45, 2.75) is 25.5 Å².